The molecule has 1 saturated heterocycles. The molecule has 0 bridgehead atoms. The van der Waals surface area contributed by atoms with Crippen molar-refractivity contribution in [2.24, 2.45) is 11.8 Å². The van der Waals surface area contributed by atoms with Crippen LogP contribution in [0.15, 0.2) is 18.3 Å². The molecule has 20 heavy (non-hydrogen) atoms. The van der Waals surface area contributed by atoms with Crippen molar-refractivity contribution in [3.05, 3.63) is 23.9 Å². The van der Waals surface area contributed by atoms with E-state index in [1.165, 1.54) is 56.6 Å². The van der Waals surface area contributed by atoms with E-state index in [2.05, 4.69) is 34.3 Å². The molecule has 3 atom stereocenters. The summed E-state index contributed by atoms with van der Waals surface area (Å²) >= 11 is 0. The standard InChI is InChI=1S/C17H27N3/c1-13(18-2)15-7-9-19-17(11-15)20-10-8-14-5-3-4-6-16(14)12-20/h7,9,11,13-14,16,18H,3-6,8,10,12H2,1-2H3. The number of nitrogens with zero attached hydrogens (tertiary/aromatic N) is 2. The average Bonchev–Trinajstić information content (AvgIpc) is 2.53. The van der Waals surface area contributed by atoms with Crippen molar-refractivity contribution in [2.75, 3.05) is 25.0 Å². The molecule has 2 fully saturated rings. The Morgan fingerprint density at radius 1 is 1.25 bits per heavy atom. The van der Waals surface area contributed by atoms with Crippen molar-refractivity contribution in [3.63, 3.8) is 0 Å². The number of nitrogens with one attached hydrogen (secondary N) is 1. The van der Waals surface area contributed by atoms with Crippen LogP contribution in [0.4, 0.5) is 5.82 Å². The van der Waals surface area contributed by atoms with Crippen LogP contribution in [0, 0.1) is 11.8 Å². The first kappa shape index (κ1) is 13.9. The Labute approximate surface area is 122 Å². The zero-order valence-corrected chi connectivity index (χ0v) is 12.8. The highest BCUT2D eigenvalue weighted by atomic mass is 15.2. The van der Waals surface area contributed by atoms with Gasteiger partial charge in [-0.15, -0.1) is 0 Å². The minimum Gasteiger partial charge on any atom is -0.356 e. The number of piperidine rings is 1. The topological polar surface area (TPSA) is 28.2 Å². The third-order valence-corrected chi connectivity index (χ3v) is 5.32. The molecule has 1 aliphatic heterocycles. The normalized spacial score (nSPS) is 28.0. The predicted molar refractivity (Wildman–Crippen MR) is 84.0 cm³/mol. The van der Waals surface area contributed by atoms with Crippen LogP contribution < -0.4 is 10.2 Å². The van der Waals surface area contributed by atoms with E-state index in [9.17, 15) is 0 Å². The quantitative estimate of drug-likeness (QED) is 0.915. The van der Waals surface area contributed by atoms with Crippen molar-refractivity contribution in [2.45, 2.75) is 45.1 Å². The molecular formula is C17H27N3. The van der Waals surface area contributed by atoms with Crippen LogP contribution >= 0.6 is 0 Å². The second-order valence-electron chi connectivity index (χ2n) is 6.50. The summed E-state index contributed by atoms with van der Waals surface area (Å²) in [6.07, 6.45) is 9.09. The van der Waals surface area contributed by atoms with E-state index < -0.39 is 0 Å². The molecule has 1 aromatic rings. The van der Waals surface area contributed by atoms with Gasteiger partial charge in [0.05, 0.1) is 0 Å². The summed E-state index contributed by atoms with van der Waals surface area (Å²) in [5.74, 6) is 3.07. The molecule has 0 amide bonds. The van der Waals surface area contributed by atoms with Crippen LogP contribution in [-0.2, 0) is 0 Å². The van der Waals surface area contributed by atoms with Gasteiger partial charge in [-0.25, -0.2) is 4.98 Å². The molecule has 2 heterocycles. The zero-order valence-electron chi connectivity index (χ0n) is 12.8. The molecule has 1 aromatic heterocycles. The van der Waals surface area contributed by atoms with Gasteiger partial charge in [0, 0.05) is 25.3 Å². The Hall–Kier alpha value is -1.09. The Morgan fingerprint density at radius 2 is 2.05 bits per heavy atom. The van der Waals surface area contributed by atoms with Crippen LogP contribution in [-0.4, -0.2) is 25.1 Å². The maximum atomic E-state index is 4.62. The second kappa shape index (κ2) is 6.13. The molecule has 110 valence electrons. The van der Waals surface area contributed by atoms with E-state index in [1.54, 1.807) is 0 Å². The van der Waals surface area contributed by atoms with Gasteiger partial charge >= 0.3 is 0 Å². The summed E-state index contributed by atoms with van der Waals surface area (Å²) in [6.45, 7) is 4.60. The fourth-order valence-electron chi connectivity index (χ4n) is 3.85. The van der Waals surface area contributed by atoms with E-state index >= 15 is 0 Å². The van der Waals surface area contributed by atoms with Crippen LogP contribution in [0.2, 0.25) is 0 Å². The molecule has 1 saturated carbocycles. The van der Waals surface area contributed by atoms with Crippen LogP contribution in [0.3, 0.4) is 0 Å². The molecule has 1 N–H and O–H groups in total. The molecule has 3 rings (SSSR count). The van der Waals surface area contributed by atoms with Gasteiger partial charge in [-0.3, -0.25) is 0 Å². The van der Waals surface area contributed by atoms with Crippen LogP contribution in [0.5, 0.6) is 0 Å². The fraction of sp³-hybridized carbons (Fsp3) is 0.706. The van der Waals surface area contributed by atoms with Crippen LogP contribution in [0.25, 0.3) is 0 Å². The lowest BCUT2D eigenvalue weighted by Gasteiger charge is -2.41. The molecule has 0 spiro atoms. The SMILES string of the molecule is CNC(C)c1ccnc(N2CCC3CCCCC3C2)c1. The highest BCUT2D eigenvalue weighted by Gasteiger charge is 2.31. The number of aromatic nitrogens is 1. The van der Waals surface area contributed by atoms with Crippen LogP contribution in [0.1, 0.15) is 50.6 Å². The monoisotopic (exact) mass is 273 g/mol. The summed E-state index contributed by atoms with van der Waals surface area (Å²) in [7, 11) is 2.01. The molecular weight excluding hydrogens is 246 g/mol. The minimum atomic E-state index is 0.393. The molecule has 1 aliphatic carbocycles. The number of anilines is 1. The summed E-state index contributed by atoms with van der Waals surface area (Å²) in [4.78, 5) is 7.13. The Morgan fingerprint density at radius 3 is 2.85 bits per heavy atom. The van der Waals surface area contributed by atoms with Gasteiger partial charge in [-0.05, 0) is 56.3 Å². The number of hydrogen-bond donors (Lipinski definition) is 1. The van der Waals surface area contributed by atoms with Gasteiger partial charge in [0.2, 0.25) is 0 Å². The molecule has 3 nitrogen and oxygen atoms in total. The van der Waals surface area contributed by atoms with Gasteiger partial charge < -0.3 is 10.2 Å². The number of fused-ring (bicyclic) bond motifs is 1. The maximum absolute atomic E-state index is 4.62. The van der Waals surface area contributed by atoms with E-state index in [4.69, 9.17) is 0 Å². The lowest BCUT2D eigenvalue weighted by molar-refractivity contribution is 0.202. The Bertz CT molecular complexity index is 446. The van der Waals surface area contributed by atoms with Gasteiger partial charge in [0.15, 0.2) is 0 Å². The molecule has 0 radical (unpaired) electrons. The fourth-order valence-corrected chi connectivity index (χ4v) is 3.85. The van der Waals surface area contributed by atoms with E-state index in [1.807, 2.05) is 13.2 Å². The molecule has 0 aromatic carbocycles. The van der Waals surface area contributed by atoms with Gasteiger partial charge in [-0.1, -0.05) is 19.3 Å². The molecule has 3 unspecified atom stereocenters. The van der Waals surface area contributed by atoms with Crippen molar-refractivity contribution >= 4 is 5.82 Å². The van der Waals surface area contributed by atoms with Crippen molar-refractivity contribution in [3.8, 4) is 0 Å². The van der Waals surface area contributed by atoms with Gasteiger partial charge in [0.1, 0.15) is 5.82 Å². The van der Waals surface area contributed by atoms with E-state index in [0.29, 0.717) is 6.04 Å². The Kier molecular flexibility index (Phi) is 4.25. The minimum absolute atomic E-state index is 0.393. The van der Waals surface area contributed by atoms with Crippen molar-refractivity contribution in [1.82, 2.24) is 10.3 Å². The highest BCUT2D eigenvalue weighted by molar-refractivity contribution is 5.42. The highest BCUT2D eigenvalue weighted by Crippen LogP contribution is 2.37. The van der Waals surface area contributed by atoms with E-state index in [-0.39, 0.29) is 0 Å². The first-order chi connectivity index (χ1) is 9.78. The smallest absolute Gasteiger partial charge is 0.128 e. The average molecular weight is 273 g/mol. The van der Waals surface area contributed by atoms with Gasteiger partial charge in [0.25, 0.3) is 0 Å². The number of rotatable bonds is 3. The van der Waals surface area contributed by atoms with Crippen molar-refractivity contribution < 1.29 is 0 Å². The largest absolute Gasteiger partial charge is 0.356 e. The van der Waals surface area contributed by atoms with Gasteiger partial charge in [-0.2, -0.15) is 0 Å². The number of pyridine rings is 1. The maximum Gasteiger partial charge on any atom is 0.128 e. The summed E-state index contributed by atoms with van der Waals surface area (Å²) in [5.41, 5.74) is 1.34. The third-order valence-electron chi connectivity index (χ3n) is 5.32. The first-order valence-electron chi connectivity index (χ1n) is 8.16. The summed E-state index contributed by atoms with van der Waals surface area (Å²) < 4.78 is 0. The first-order valence-corrected chi connectivity index (χ1v) is 8.16. The third kappa shape index (κ3) is 2.83. The lowest BCUT2D eigenvalue weighted by atomic mass is 9.75. The Balaban J connectivity index is 1.73. The summed E-state index contributed by atoms with van der Waals surface area (Å²) in [5, 5.41) is 3.31. The summed E-state index contributed by atoms with van der Waals surface area (Å²) in [6, 6.07) is 4.78. The predicted octanol–water partition coefficient (Wildman–Crippen LogP) is 3.38. The second-order valence-corrected chi connectivity index (χ2v) is 6.50. The molecule has 3 heteroatoms. The molecule has 2 aliphatic rings. The van der Waals surface area contributed by atoms with Crippen molar-refractivity contribution in [1.29, 1.82) is 0 Å². The zero-order chi connectivity index (χ0) is 13.9. The number of hydrogen-bond acceptors (Lipinski definition) is 3. The lowest BCUT2D eigenvalue weighted by Crippen LogP contribution is -2.42. The van der Waals surface area contributed by atoms with E-state index in [0.717, 1.165) is 11.8 Å².